The summed E-state index contributed by atoms with van der Waals surface area (Å²) in [7, 11) is 3.93. The number of hydrogen-bond donors (Lipinski definition) is 1. The Kier molecular flexibility index (Phi) is 7.27. The number of nitrogens with zero attached hydrogens (tertiary/aromatic N) is 2. The minimum Gasteiger partial charge on any atom is -0.494 e. The van der Waals surface area contributed by atoms with Crippen molar-refractivity contribution in [1.82, 2.24) is 10.3 Å². The zero-order valence-corrected chi connectivity index (χ0v) is 17.6. The Morgan fingerprint density at radius 3 is 2.37 bits per heavy atom. The van der Waals surface area contributed by atoms with Crippen LogP contribution < -0.4 is 19.7 Å². The van der Waals surface area contributed by atoms with Crippen LogP contribution in [-0.2, 0) is 6.54 Å². The van der Waals surface area contributed by atoms with Crippen LogP contribution in [0.5, 0.6) is 17.4 Å². The molecule has 156 valence electrons. The van der Waals surface area contributed by atoms with E-state index in [4.69, 9.17) is 9.47 Å². The van der Waals surface area contributed by atoms with Gasteiger partial charge >= 0.3 is 0 Å². The number of pyridine rings is 1. The quantitative estimate of drug-likeness (QED) is 0.561. The van der Waals surface area contributed by atoms with E-state index in [1.807, 2.05) is 79.7 Å². The molecule has 0 saturated heterocycles. The lowest BCUT2D eigenvalue weighted by Gasteiger charge is -2.13. The number of anilines is 1. The number of carbonyl (C=O) groups is 1. The third kappa shape index (κ3) is 5.73. The van der Waals surface area contributed by atoms with Crippen molar-refractivity contribution >= 4 is 11.6 Å². The molecule has 0 fully saturated rings. The Morgan fingerprint density at radius 2 is 1.70 bits per heavy atom. The molecule has 0 aliphatic rings. The molecule has 2 aromatic carbocycles. The number of hydrogen-bond acceptors (Lipinski definition) is 5. The van der Waals surface area contributed by atoms with Crippen LogP contribution in [0.4, 0.5) is 5.69 Å². The number of benzene rings is 2. The lowest BCUT2D eigenvalue weighted by molar-refractivity contribution is 0.0950. The summed E-state index contributed by atoms with van der Waals surface area (Å²) >= 11 is 0. The van der Waals surface area contributed by atoms with Crippen molar-refractivity contribution in [2.24, 2.45) is 0 Å². The van der Waals surface area contributed by atoms with Gasteiger partial charge in [-0.25, -0.2) is 4.98 Å². The van der Waals surface area contributed by atoms with Crippen molar-refractivity contribution < 1.29 is 14.3 Å². The number of carbonyl (C=O) groups excluding carboxylic acids is 1. The van der Waals surface area contributed by atoms with Gasteiger partial charge in [-0.3, -0.25) is 4.79 Å². The van der Waals surface area contributed by atoms with Gasteiger partial charge in [0.05, 0.1) is 6.61 Å². The third-order valence-electron chi connectivity index (χ3n) is 4.45. The predicted molar refractivity (Wildman–Crippen MR) is 118 cm³/mol. The summed E-state index contributed by atoms with van der Waals surface area (Å²) in [5.41, 5.74) is 2.44. The summed E-state index contributed by atoms with van der Waals surface area (Å²) in [6.45, 7) is 3.06. The molecule has 1 N–H and O–H groups in total. The number of rotatable bonds is 9. The Labute approximate surface area is 177 Å². The molecule has 0 aliphatic heterocycles. The first-order valence-corrected chi connectivity index (χ1v) is 9.97. The smallest absolute Gasteiger partial charge is 0.251 e. The molecule has 0 aliphatic carbocycles. The van der Waals surface area contributed by atoms with Crippen molar-refractivity contribution in [3.8, 4) is 17.4 Å². The maximum Gasteiger partial charge on any atom is 0.251 e. The maximum atomic E-state index is 12.5. The normalized spacial score (nSPS) is 10.4. The molecule has 0 radical (unpaired) electrons. The second-order valence-electron chi connectivity index (χ2n) is 7.01. The van der Waals surface area contributed by atoms with Gasteiger partial charge in [0.15, 0.2) is 0 Å². The molecule has 0 unspecified atom stereocenters. The number of aromatic nitrogens is 1. The van der Waals surface area contributed by atoms with E-state index in [9.17, 15) is 4.79 Å². The van der Waals surface area contributed by atoms with Crippen molar-refractivity contribution in [2.45, 2.75) is 19.9 Å². The monoisotopic (exact) mass is 405 g/mol. The molecular weight excluding hydrogens is 378 g/mol. The van der Waals surface area contributed by atoms with Gasteiger partial charge in [-0.1, -0.05) is 13.0 Å². The fraction of sp³-hybridized carbons (Fsp3) is 0.250. The highest BCUT2D eigenvalue weighted by molar-refractivity contribution is 5.94. The average Bonchev–Trinajstić information content (AvgIpc) is 2.78. The molecule has 3 aromatic rings. The number of amides is 1. The molecule has 1 aromatic heterocycles. The Balaban J connectivity index is 1.63. The van der Waals surface area contributed by atoms with E-state index in [1.165, 1.54) is 0 Å². The van der Waals surface area contributed by atoms with E-state index >= 15 is 0 Å². The van der Waals surface area contributed by atoms with E-state index in [2.05, 4.69) is 17.2 Å². The van der Waals surface area contributed by atoms with Crippen LogP contribution in [0.15, 0.2) is 66.9 Å². The highest BCUT2D eigenvalue weighted by Gasteiger charge is 2.10. The lowest BCUT2D eigenvalue weighted by Crippen LogP contribution is -2.23. The summed E-state index contributed by atoms with van der Waals surface area (Å²) in [5.74, 6) is 1.78. The van der Waals surface area contributed by atoms with E-state index in [1.54, 1.807) is 6.20 Å². The molecule has 1 amide bonds. The van der Waals surface area contributed by atoms with Crippen LogP contribution in [0.1, 0.15) is 29.3 Å². The van der Waals surface area contributed by atoms with Crippen molar-refractivity contribution in [2.75, 3.05) is 25.6 Å². The van der Waals surface area contributed by atoms with Gasteiger partial charge in [-0.2, -0.15) is 0 Å². The maximum absolute atomic E-state index is 12.5. The van der Waals surface area contributed by atoms with Gasteiger partial charge in [0.25, 0.3) is 5.91 Å². The van der Waals surface area contributed by atoms with Gasteiger partial charge in [0.2, 0.25) is 5.88 Å². The minimum absolute atomic E-state index is 0.146. The van der Waals surface area contributed by atoms with Crippen LogP contribution in [0.2, 0.25) is 0 Å². The summed E-state index contributed by atoms with van der Waals surface area (Å²) in [5, 5.41) is 2.93. The van der Waals surface area contributed by atoms with Crippen LogP contribution in [-0.4, -0.2) is 31.6 Å². The van der Waals surface area contributed by atoms with Crippen LogP contribution >= 0.6 is 0 Å². The van der Waals surface area contributed by atoms with Gasteiger partial charge in [-0.15, -0.1) is 0 Å². The topological polar surface area (TPSA) is 63.7 Å². The predicted octanol–water partition coefficient (Wildman–Crippen LogP) is 4.66. The molecule has 0 bridgehead atoms. The van der Waals surface area contributed by atoms with Crippen molar-refractivity contribution in [1.29, 1.82) is 0 Å². The van der Waals surface area contributed by atoms with Crippen molar-refractivity contribution in [3.63, 3.8) is 0 Å². The highest BCUT2D eigenvalue weighted by atomic mass is 16.5. The standard InChI is InChI=1S/C24H27N3O3/c1-4-16-29-21-11-13-22(14-12-21)30-24-19(6-5-15-25-24)17-26-23(28)18-7-9-20(10-8-18)27(2)3/h5-15H,4,16-17H2,1-3H3,(H,26,28). The van der Waals surface area contributed by atoms with Crippen LogP contribution in [0.25, 0.3) is 0 Å². The number of nitrogens with one attached hydrogen (secondary N) is 1. The van der Waals surface area contributed by atoms with Crippen LogP contribution in [0.3, 0.4) is 0 Å². The van der Waals surface area contributed by atoms with Gasteiger partial charge < -0.3 is 19.7 Å². The molecule has 0 atom stereocenters. The number of ether oxygens (including phenoxy) is 2. The van der Waals surface area contributed by atoms with Crippen molar-refractivity contribution in [3.05, 3.63) is 78.0 Å². The zero-order valence-electron chi connectivity index (χ0n) is 17.6. The van der Waals surface area contributed by atoms with E-state index in [0.717, 1.165) is 23.4 Å². The molecule has 6 nitrogen and oxygen atoms in total. The third-order valence-corrected chi connectivity index (χ3v) is 4.45. The Bertz CT molecular complexity index is 954. The summed E-state index contributed by atoms with van der Waals surface area (Å²) in [4.78, 5) is 18.8. The zero-order chi connectivity index (χ0) is 21.3. The molecule has 3 rings (SSSR count). The summed E-state index contributed by atoms with van der Waals surface area (Å²) in [6, 6.07) is 18.6. The molecule has 0 spiro atoms. The molecule has 30 heavy (non-hydrogen) atoms. The molecule has 6 heteroatoms. The summed E-state index contributed by atoms with van der Waals surface area (Å²) in [6.07, 6.45) is 2.63. The van der Waals surface area contributed by atoms with E-state index in [0.29, 0.717) is 30.3 Å². The van der Waals surface area contributed by atoms with E-state index in [-0.39, 0.29) is 5.91 Å². The first-order chi connectivity index (χ1) is 14.6. The second kappa shape index (κ2) is 10.3. The van der Waals surface area contributed by atoms with Gasteiger partial charge in [-0.05, 0) is 61.0 Å². The Morgan fingerprint density at radius 1 is 1.00 bits per heavy atom. The highest BCUT2D eigenvalue weighted by Crippen LogP contribution is 2.25. The van der Waals surface area contributed by atoms with Gasteiger partial charge in [0.1, 0.15) is 11.5 Å². The average molecular weight is 405 g/mol. The van der Waals surface area contributed by atoms with Gasteiger partial charge in [0, 0.05) is 43.7 Å². The molecule has 0 saturated carbocycles. The van der Waals surface area contributed by atoms with Crippen LogP contribution in [0, 0.1) is 0 Å². The molecular formula is C24H27N3O3. The first-order valence-electron chi connectivity index (χ1n) is 9.97. The largest absolute Gasteiger partial charge is 0.494 e. The first kappa shape index (κ1) is 21.2. The molecule has 1 heterocycles. The van der Waals surface area contributed by atoms with E-state index < -0.39 is 0 Å². The summed E-state index contributed by atoms with van der Waals surface area (Å²) < 4.78 is 11.5. The minimum atomic E-state index is -0.146. The Hall–Kier alpha value is -3.54. The lowest BCUT2D eigenvalue weighted by atomic mass is 10.2. The fourth-order valence-corrected chi connectivity index (χ4v) is 2.77. The second-order valence-corrected chi connectivity index (χ2v) is 7.01. The SMILES string of the molecule is CCCOc1ccc(Oc2ncccc2CNC(=O)c2ccc(N(C)C)cc2)cc1. The fourth-order valence-electron chi connectivity index (χ4n) is 2.77.